The lowest BCUT2D eigenvalue weighted by molar-refractivity contribution is 0.414. The minimum Gasteiger partial charge on any atom is -0.497 e. The molecule has 0 atom stereocenters. The van der Waals surface area contributed by atoms with Crippen LogP contribution in [0.5, 0.6) is 5.75 Å². The van der Waals surface area contributed by atoms with Crippen LogP contribution < -0.4 is 26.4 Å². The molecule has 1 aliphatic carbocycles. The summed E-state index contributed by atoms with van der Waals surface area (Å²) < 4.78 is 5.15. The minimum absolute atomic E-state index is 0.239. The van der Waals surface area contributed by atoms with Crippen molar-refractivity contribution in [2.45, 2.75) is 25.3 Å². The number of nitrogens with two attached hydrogens (primary N) is 1. The summed E-state index contributed by atoms with van der Waals surface area (Å²) in [6, 6.07) is 11.5. The van der Waals surface area contributed by atoms with Crippen LogP contribution in [0.2, 0.25) is 0 Å². The molecule has 232 valence electrons. The lowest BCUT2D eigenvalue weighted by Crippen LogP contribution is -2.05. The van der Waals surface area contributed by atoms with Crippen molar-refractivity contribution < 1.29 is 4.74 Å². The zero-order valence-electron chi connectivity index (χ0n) is 25.1. The van der Waals surface area contributed by atoms with Gasteiger partial charge in [-0.25, -0.2) is 24.9 Å². The Morgan fingerprint density at radius 1 is 0.809 bits per heavy atom. The van der Waals surface area contributed by atoms with Crippen LogP contribution in [0.25, 0.3) is 20.7 Å². The Labute approximate surface area is 269 Å². The number of rotatable bonds is 9. The maximum absolute atomic E-state index is 6.89. The normalized spacial score (nSPS) is 11.8. The number of nitrogens with zero attached hydrogens (tertiary/aromatic N) is 9. The Kier molecular flexibility index (Phi) is 8.88. The van der Waals surface area contributed by atoms with Gasteiger partial charge in [0.1, 0.15) is 23.2 Å². The second kappa shape index (κ2) is 13.8. The topological polar surface area (TPSA) is 186 Å². The number of pyridine rings is 2. The van der Waals surface area contributed by atoms with Crippen LogP contribution in [0.1, 0.15) is 30.1 Å². The first-order chi connectivity index (χ1) is 23.0. The van der Waals surface area contributed by atoms with E-state index in [0.717, 1.165) is 33.9 Å². The standard InChI is InChI=1S/C18H17N7O.C14H11N7/c1-20-17-10-24-18(11-23-17)25-16-7-15(14(19)9-22-16)21-8-12-3-5-13(26-2)6-4-12;1-15-12-6-18-13(7-17-12)21-11-4-9-10(5-16-11)20-14(19-9)8-2-3-8/h3-7,9-11H,8,19H2,2H3,(H2,21,22,24,25);4-8H,2-3H2,(H,19,20)(H,16,18,21). The van der Waals surface area contributed by atoms with Crippen molar-refractivity contribution in [3.8, 4) is 5.75 Å². The molecule has 6 N–H and O–H groups in total. The summed E-state index contributed by atoms with van der Waals surface area (Å²) >= 11 is 0. The predicted octanol–water partition coefficient (Wildman–Crippen LogP) is 6.29. The number of hydrogen-bond acceptors (Lipinski definition) is 12. The predicted molar refractivity (Wildman–Crippen MR) is 178 cm³/mol. The van der Waals surface area contributed by atoms with E-state index in [1.165, 1.54) is 37.6 Å². The number of anilines is 6. The van der Waals surface area contributed by atoms with Gasteiger partial charge in [0, 0.05) is 24.6 Å². The smallest absolute Gasteiger partial charge is 0.288 e. The molecule has 6 aromatic rings. The van der Waals surface area contributed by atoms with Crippen molar-refractivity contribution in [3.05, 3.63) is 108 Å². The first-order valence-corrected chi connectivity index (χ1v) is 14.4. The lowest BCUT2D eigenvalue weighted by atomic mass is 10.2. The van der Waals surface area contributed by atoms with Gasteiger partial charge in [-0.3, -0.25) is 0 Å². The average Bonchev–Trinajstić information content (AvgIpc) is 3.88. The molecule has 0 bridgehead atoms. The number of fused-ring (bicyclic) bond motifs is 1. The third-order valence-corrected chi connectivity index (χ3v) is 6.94. The van der Waals surface area contributed by atoms with Crippen LogP contribution in [-0.4, -0.2) is 47.0 Å². The number of ether oxygens (including phenoxy) is 1. The zero-order valence-corrected chi connectivity index (χ0v) is 25.1. The third-order valence-electron chi connectivity index (χ3n) is 6.94. The summed E-state index contributed by atoms with van der Waals surface area (Å²) in [6.07, 6.45) is 11.6. The van der Waals surface area contributed by atoms with Gasteiger partial charge in [-0.15, -0.1) is 9.97 Å². The fourth-order valence-corrected chi connectivity index (χ4v) is 4.33. The number of nitrogens with one attached hydrogen (secondary N) is 4. The summed E-state index contributed by atoms with van der Waals surface area (Å²) in [7, 11) is 1.64. The second-order valence-electron chi connectivity index (χ2n) is 10.3. The fraction of sp³-hybridized carbons (Fsp3) is 0.156. The Balaban J connectivity index is 0.000000168. The van der Waals surface area contributed by atoms with Gasteiger partial charge in [-0.05, 0) is 30.5 Å². The molecule has 5 aromatic heterocycles. The Morgan fingerprint density at radius 2 is 1.43 bits per heavy atom. The van der Waals surface area contributed by atoms with Crippen LogP contribution in [0.3, 0.4) is 0 Å². The first kappa shape index (κ1) is 30.2. The molecule has 0 amide bonds. The molecule has 47 heavy (non-hydrogen) atoms. The van der Waals surface area contributed by atoms with Gasteiger partial charge in [0.25, 0.3) is 11.6 Å². The summed E-state index contributed by atoms with van der Waals surface area (Å²) in [5.41, 5.74) is 10.2. The van der Waals surface area contributed by atoms with Crippen molar-refractivity contribution in [3.63, 3.8) is 0 Å². The summed E-state index contributed by atoms with van der Waals surface area (Å²) in [6.45, 7) is 14.3. The van der Waals surface area contributed by atoms with Crippen LogP contribution in [0.4, 0.5) is 46.3 Å². The highest BCUT2D eigenvalue weighted by molar-refractivity contribution is 5.78. The molecule has 1 fully saturated rings. The lowest BCUT2D eigenvalue weighted by Gasteiger charge is -2.12. The Hall–Kier alpha value is -6.87. The largest absolute Gasteiger partial charge is 0.497 e. The molecule has 1 aliphatic rings. The highest BCUT2D eigenvalue weighted by Crippen LogP contribution is 2.39. The first-order valence-electron chi connectivity index (χ1n) is 14.4. The summed E-state index contributed by atoms with van der Waals surface area (Å²) in [5.74, 6) is 5.22. The summed E-state index contributed by atoms with van der Waals surface area (Å²) in [5, 5.41) is 9.39. The van der Waals surface area contributed by atoms with Gasteiger partial charge in [0.05, 0.1) is 54.3 Å². The van der Waals surface area contributed by atoms with E-state index in [1.807, 2.05) is 30.3 Å². The molecule has 7 rings (SSSR count). The minimum atomic E-state index is 0.239. The van der Waals surface area contributed by atoms with Gasteiger partial charge in [-0.1, -0.05) is 25.3 Å². The van der Waals surface area contributed by atoms with E-state index in [2.05, 4.69) is 65.5 Å². The maximum atomic E-state index is 6.89. The number of aromatic amines is 1. The number of nitrogen functional groups attached to an aromatic ring is 1. The molecule has 15 nitrogen and oxygen atoms in total. The van der Waals surface area contributed by atoms with Gasteiger partial charge in [-0.2, -0.15) is 0 Å². The number of H-pyrrole nitrogens is 1. The molecule has 1 saturated carbocycles. The van der Waals surface area contributed by atoms with Crippen molar-refractivity contribution in [2.75, 3.05) is 28.8 Å². The van der Waals surface area contributed by atoms with E-state index >= 15 is 0 Å². The number of hydrogen-bond donors (Lipinski definition) is 5. The van der Waals surface area contributed by atoms with Crippen molar-refractivity contribution in [1.82, 2.24) is 39.9 Å². The maximum Gasteiger partial charge on any atom is 0.288 e. The zero-order chi connectivity index (χ0) is 32.6. The quantitative estimate of drug-likeness (QED) is 0.113. The number of aromatic nitrogens is 8. The van der Waals surface area contributed by atoms with E-state index < -0.39 is 0 Å². The Morgan fingerprint density at radius 3 is 2.00 bits per heavy atom. The van der Waals surface area contributed by atoms with E-state index in [0.29, 0.717) is 41.4 Å². The molecule has 0 saturated heterocycles. The van der Waals surface area contributed by atoms with Crippen molar-refractivity contribution >= 4 is 57.3 Å². The molecule has 15 heteroatoms. The van der Waals surface area contributed by atoms with Crippen LogP contribution in [0.15, 0.2) is 73.6 Å². The molecule has 0 spiro atoms. The number of benzene rings is 1. The second-order valence-corrected chi connectivity index (χ2v) is 10.3. The van der Waals surface area contributed by atoms with Crippen LogP contribution in [-0.2, 0) is 6.54 Å². The molecule has 0 aliphatic heterocycles. The van der Waals surface area contributed by atoms with Crippen LogP contribution >= 0.6 is 0 Å². The Bertz CT molecular complexity index is 2060. The van der Waals surface area contributed by atoms with Crippen LogP contribution in [0, 0.1) is 13.1 Å². The monoisotopic (exact) mass is 624 g/mol. The average molecular weight is 625 g/mol. The molecule has 0 radical (unpaired) electrons. The summed E-state index contributed by atoms with van der Waals surface area (Å²) in [4.78, 5) is 39.0. The molecule has 0 unspecified atom stereocenters. The highest BCUT2D eigenvalue weighted by Gasteiger charge is 2.26. The fourth-order valence-electron chi connectivity index (χ4n) is 4.33. The number of imidazole rings is 1. The number of methoxy groups -OCH3 is 1. The molecular weight excluding hydrogens is 596 g/mol. The van der Waals surface area contributed by atoms with Gasteiger partial charge in [0.2, 0.25) is 0 Å². The van der Waals surface area contributed by atoms with E-state index in [4.69, 9.17) is 23.6 Å². The third kappa shape index (κ3) is 7.81. The molecular formula is C32H28N14O. The van der Waals surface area contributed by atoms with Gasteiger partial charge < -0.3 is 41.1 Å². The van der Waals surface area contributed by atoms with Gasteiger partial charge in [0.15, 0.2) is 24.0 Å². The van der Waals surface area contributed by atoms with Gasteiger partial charge >= 0.3 is 0 Å². The van der Waals surface area contributed by atoms with E-state index in [1.54, 1.807) is 25.6 Å². The van der Waals surface area contributed by atoms with Crippen molar-refractivity contribution in [1.29, 1.82) is 0 Å². The molecule has 5 heterocycles. The van der Waals surface area contributed by atoms with E-state index in [9.17, 15) is 0 Å². The highest BCUT2D eigenvalue weighted by atomic mass is 16.5. The molecule has 1 aromatic carbocycles. The van der Waals surface area contributed by atoms with Crippen molar-refractivity contribution in [2.24, 2.45) is 0 Å². The van der Waals surface area contributed by atoms with E-state index in [-0.39, 0.29) is 11.6 Å². The SMILES string of the molecule is [C-]#[N+]c1cnc(Nc2cc(NCc3ccc(OC)cc3)c(N)cn2)cn1.[C-]#[N+]c1cnc(Nc2cc3nc(C4CC4)[nH]c3cn2)cn1.